The summed E-state index contributed by atoms with van der Waals surface area (Å²) in [5.41, 5.74) is 2.28. The van der Waals surface area contributed by atoms with Gasteiger partial charge in [-0.2, -0.15) is 0 Å². The monoisotopic (exact) mass is 314 g/mol. The molecule has 3 nitrogen and oxygen atoms in total. The Bertz CT molecular complexity index is 545. The summed E-state index contributed by atoms with van der Waals surface area (Å²) in [6, 6.07) is 8.16. The average Bonchev–Trinajstić information content (AvgIpc) is 2.52. The molecule has 1 amide bonds. The molecular weight excluding hydrogens is 284 g/mol. The molecule has 1 aliphatic heterocycles. The van der Waals surface area contributed by atoms with Crippen molar-refractivity contribution in [2.75, 3.05) is 19.6 Å². The number of amides is 1. The number of carbonyl (C=O) groups excluding carboxylic acids is 1. The molecule has 1 fully saturated rings. The minimum atomic E-state index is -0.0243. The molecule has 0 aliphatic carbocycles. The van der Waals surface area contributed by atoms with E-state index in [-0.39, 0.29) is 11.4 Å². The summed E-state index contributed by atoms with van der Waals surface area (Å²) in [6.07, 6.45) is 6.06. The van der Waals surface area contributed by atoms with Crippen LogP contribution in [0.25, 0.3) is 6.08 Å². The van der Waals surface area contributed by atoms with Crippen LogP contribution in [0.4, 0.5) is 0 Å². The zero-order valence-corrected chi connectivity index (χ0v) is 14.9. The number of hydrogen-bond donors (Lipinski definition) is 1. The molecule has 1 atom stereocenters. The van der Waals surface area contributed by atoms with Gasteiger partial charge >= 0.3 is 0 Å². The Kier molecular flexibility index (Phi) is 6.00. The third kappa shape index (κ3) is 5.51. The Morgan fingerprint density at radius 2 is 2.04 bits per heavy atom. The van der Waals surface area contributed by atoms with Crippen LogP contribution in [0.1, 0.15) is 44.7 Å². The SMILES string of the molecule is Cc1ccc(/C=C/C(=O)NCC(C)(C)N2CCC[C@@H](C)C2)cc1. The van der Waals surface area contributed by atoms with Crippen LogP contribution in [0.5, 0.6) is 0 Å². The molecule has 0 bridgehead atoms. The van der Waals surface area contributed by atoms with Crippen LogP contribution in [0.2, 0.25) is 0 Å². The van der Waals surface area contributed by atoms with E-state index in [1.165, 1.54) is 18.4 Å². The molecule has 1 saturated heterocycles. The van der Waals surface area contributed by atoms with Gasteiger partial charge in [-0.15, -0.1) is 0 Å². The number of nitrogens with one attached hydrogen (secondary N) is 1. The number of nitrogens with zero attached hydrogens (tertiary/aromatic N) is 1. The summed E-state index contributed by atoms with van der Waals surface area (Å²) in [5.74, 6) is 0.726. The highest BCUT2D eigenvalue weighted by Gasteiger charge is 2.30. The van der Waals surface area contributed by atoms with Crippen molar-refractivity contribution < 1.29 is 4.79 Å². The van der Waals surface area contributed by atoms with Crippen molar-refractivity contribution in [3.8, 4) is 0 Å². The van der Waals surface area contributed by atoms with Crippen LogP contribution in [0.15, 0.2) is 30.3 Å². The Morgan fingerprint density at radius 1 is 1.35 bits per heavy atom. The lowest BCUT2D eigenvalue weighted by Crippen LogP contribution is -2.54. The Hall–Kier alpha value is -1.61. The highest BCUT2D eigenvalue weighted by molar-refractivity contribution is 5.91. The van der Waals surface area contributed by atoms with Gasteiger partial charge in [-0.3, -0.25) is 9.69 Å². The second-order valence-electron chi connectivity index (χ2n) is 7.47. The van der Waals surface area contributed by atoms with Gasteiger partial charge in [0.05, 0.1) is 0 Å². The average molecular weight is 314 g/mol. The summed E-state index contributed by atoms with van der Waals surface area (Å²) in [7, 11) is 0. The fourth-order valence-corrected chi connectivity index (χ4v) is 3.06. The first-order valence-electron chi connectivity index (χ1n) is 8.64. The maximum Gasteiger partial charge on any atom is 0.244 e. The van der Waals surface area contributed by atoms with Crippen molar-refractivity contribution in [1.82, 2.24) is 10.2 Å². The molecule has 1 heterocycles. The quantitative estimate of drug-likeness (QED) is 0.842. The van der Waals surface area contributed by atoms with Crippen molar-refractivity contribution >= 4 is 12.0 Å². The first-order valence-corrected chi connectivity index (χ1v) is 8.64. The van der Waals surface area contributed by atoms with Crippen molar-refractivity contribution in [2.24, 2.45) is 5.92 Å². The van der Waals surface area contributed by atoms with Crippen molar-refractivity contribution in [2.45, 2.75) is 46.1 Å². The van der Waals surface area contributed by atoms with E-state index >= 15 is 0 Å². The van der Waals surface area contributed by atoms with E-state index in [0.717, 1.165) is 24.6 Å². The predicted octanol–water partition coefficient (Wildman–Crippen LogP) is 3.63. The second-order valence-corrected chi connectivity index (χ2v) is 7.47. The summed E-state index contributed by atoms with van der Waals surface area (Å²) in [4.78, 5) is 14.6. The summed E-state index contributed by atoms with van der Waals surface area (Å²) < 4.78 is 0. The van der Waals surface area contributed by atoms with Gasteiger partial charge in [0.1, 0.15) is 0 Å². The van der Waals surface area contributed by atoms with Gasteiger partial charge in [-0.25, -0.2) is 0 Å². The molecule has 1 aliphatic rings. The number of rotatable bonds is 5. The van der Waals surface area contributed by atoms with Gasteiger partial charge in [0.25, 0.3) is 0 Å². The van der Waals surface area contributed by atoms with Crippen molar-refractivity contribution in [3.05, 3.63) is 41.5 Å². The summed E-state index contributed by atoms with van der Waals surface area (Å²) >= 11 is 0. The highest BCUT2D eigenvalue weighted by Crippen LogP contribution is 2.23. The molecular formula is C20H30N2O. The van der Waals surface area contributed by atoms with E-state index in [1.54, 1.807) is 6.08 Å². The first kappa shape index (κ1) is 17.7. The molecule has 2 rings (SSSR count). The lowest BCUT2D eigenvalue weighted by atomic mass is 9.93. The maximum absolute atomic E-state index is 12.1. The number of carbonyl (C=O) groups is 1. The number of hydrogen-bond acceptors (Lipinski definition) is 2. The van der Waals surface area contributed by atoms with Crippen molar-refractivity contribution in [1.29, 1.82) is 0 Å². The molecule has 1 aromatic rings. The van der Waals surface area contributed by atoms with Crippen LogP contribution >= 0.6 is 0 Å². The van der Waals surface area contributed by atoms with E-state index in [9.17, 15) is 4.79 Å². The Labute approximate surface area is 140 Å². The number of benzene rings is 1. The van der Waals surface area contributed by atoms with Gasteiger partial charge in [-0.05, 0) is 57.7 Å². The van der Waals surface area contributed by atoms with Gasteiger partial charge in [0, 0.05) is 24.7 Å². The molecule has 23 heavy (non-hydrogen) atoms. The van der Waals surface area contributed by atoms with Gasteiger partial charge in [0.15, 0.2) is 0 Å². The third-order valence-electron chi connectivity index (χ3n) is 4.71. The molecule has 0 aromatic heterocycles. The fraction of sp³-hybridized carbons (Fsp3) is 0.550. The van der Waals surface area contributed by atoms with Gasteiger partial charge in [0.2, 0.25) is 5.91 Å². The highest BCUT2D eigenvalue weighted by atomic mass is 16.1. The molecule has 1 N–H and O–H groups in total. The van der Waals surface area contributed by atoms with Crippen LogP contribution in [0.3, 0.4) is 0 Å². The molecule has 0 saturated carbocycles. The van der Waals surface area contributed by atoms with Gasteiger partial charge < -0.3 is 5.32 Å². The minimum Gasteiger partial charge on any atom is -0.351 e. The zero-order valence-electron chi connectivity index (χ0n) is 14.9. The largest absolute Gasteiger partial charge is 0.351 e. The number of aryl methyl sites for hydroxylation is 1. The van der Waals surface area contributed by atoms with Crippen LogP contribution in [0, 0.1) is 12.8 Å². The van der Waals surface area contributed by atoms with E-state index in [0.29, 0.717) is 6.54 Å². The fourth-order valence-electron chi connectivity index (χ4n) is 3.06. The molecule has 126 valence electrons. The first-order chi connectivity index (χ1) is 10.9. The van der Waals surface area contributed by atoms with E-state index in [1.807, 2.05) is 18.2 Å². The van der Waals surface area contributed by atoms with Crippen LogP contribution in [-0.2, 0) is 4.79 Å². The standard InChI is InChI=1S/C20H30N2O/c1-16-7-9-18(10-8-16)11-12-19(23)21-15-20(3,4)22-13-5-6-17(2)14-22/h7-12,17H,5-6,13-15H2,1-4H3,(H,21,23)/b12-11+/t17-/m1/s1. The van der Waals surface area contributed by atoms with Crippen LogP contribution in [-0.4, -0.2) is 36.0 Å². The molecule has 3 heteroatoms. The van der Waals surface area contributed by atoms with Gasteiger partial charge in [-0.1, -0.05) is 36.8 Å². The number of piperidine rings is 1. The smallest absolute Gasteiger partial charge is 0.244 e. The molecule has 1 aromatic carbocycles. The minimum absolute atomic E-state index is 0.00202. The number of likely N-dealkylation sites (tertiary alicyclic amines) is 1. The normalized spacial score (nSPS) is 19.9. The summed E-state index contributed by atoms with van der Waals surface area (Å²) in [6.45, 7) is 11.7. The van der Waals surface area contributed by atoms with E-state index < -0.39 is 0 Å². The predicted molar refractivity (Wildman–Crippen MR) is 97.3 cm³/mol. The van der Waals surface area contributed by atoms with E-state index in [4.69, 9.17) is 0 Å². The second kappa shape index (κ2) is 7.78. The van der Waals surface area contributed by atoms with E-state index in [2.05, 4.69) is 50.0 Å². The Balaban J connectivity index is 1.84. The third-order valence-corrected chi connectivity index (χ3v) is 4.71. The van der Waals surface area contributed by atoms with Crippen LogP contribution < -0.4 is 5.32 Å². The lowest BCUT2D eigenvalue weighted by molar-refractivity contribution is -0.117. The topological polar surface area (TPSA) is 32.3 Å². The zero-order chi connectivity index (χ0) is 16.9. The maximum atomic E-state index is 12.1. The van der Waals surface area contributed by atoms with Crippen molar-refractivity contribution in [3.63, 3.8) is 0 Å². The molecule has 0 spiro atoms. The lowest BCUT2D eigenvalue weighted by Gasteiger charge is -2.43. The molecule has 0 radical (unpaired) electrons. The Morgan fingerprint density at radius 3 is 2.70 bits per heavy atom. The summed E-state index contributed by atoms with van der Waals surface area (Å²) in [5, 5.41) is 3.05. The molecule has 0 unspecified atom stereocenters.